The van der Waals surface area contributed by atoms with Gasteiger partial charge in [-0.25, -0.2) is 10.8 Å². The van der Waals surface area contributed by atoms with Gasteiger partial charge in [0.1, 0.15) is 5.03 Å². The van der Waals surface area contributed by atoms with Crippen LogP contribution in [-0.2, 0) is 0 Å². The zero-order valence-electron chi connectivity index (χ0n) is 9.59. The highest BCUT2D eigenvalue weighted by Crippen LogP contribution is 2.32. The van der Waals surface area contributed by atoms with Crippen molar-refractivity contribution in [3.8, 4) is 0 Å². The minimum Gasteiger partial charge on any atom is -0.292 e. The average Bonchev–Trinajstić information content (AvgIpc) is 2.87. The Labute approximate surface area is 121 Å². The topological polar surface area (TPSA) is 92.5 Å². The number of nitrogen functional groups attached to an aromatic ring is 1. The number of nitrogens with two attached hydrogens (primary N) is 1. The number of nitrogens with zero attached hydrogens (tertiary/aromatic N) is 3. The molecule has 3 rings (SSSR count). The molecule has 96 valence electrons. The van der Waals surface area contributed by atoms with Crippen molar-refractivity contribution >= 4 is 44.7 Å². The Kier molecular flexibility index (Phi) is 3.36. The summed E-state index contributed by atoms with van der Waals surface area (Å²) in [7, 11) is 0. The van der Waals surface area contributed by atoms with Gasteiger partial charge in [0.05, 0.1) is 11.6 Å². The number of aromatic nitrogens is 4. The number of H-pyrrole nitrogens is 1. The fraction of sp³-hybridized carbons (Fsp3) is 0. The minimum absolute atomic E-state index is 0.356. The van der Waals surface area contributed by atoms with Gasteiger partial charge in [0.15, 0.2) is 5.65 Å². The van der Waals surface area contributed by atoms with E-state index >= 15 is 0 Å². The molecule has 0 amide bonds. The monoisotopic (exact) mass is 336 g/mol. The minimum atomic E-state index is 0.356. The largest absolute Gasteiger partial charge is 0.292 e. The third-order valence-electron chi connectivity index (χ3n) is 2.41. The molecule has 3 aromatic rings. The van der Waals surface area contributed by atoms with Crippen LogP contribution in [0.5, 0.6) is 0 Å². The number of benzene rings is 1. The molecule has 0 saturated heterocycles. The van der Waals surface area contributed by atoms with Crippen molar-refractivity contribution in [1.29, 1.82) is 0 Å². The number of rotatable bonds is 3. The van der Waals surface area contributed by atoms with Crippen molar-refractivity contribution in [2.45, 2.75) is 9.92 Å². The van der Waals surface area contributed by atoms with Crippen molar-refractivity contribution < 1.29 is 0 Å². The first-order chi connectivity index (χ1) is 9.26. The van der Waals surface area contributed by atoms with Gasteiger partial charge in [0.2, 0.25) is 5.95 Å². The highest BCUT2D eigenvalue weighted by atomic mass is 79.9. The van der Waals surface area contributed by atoms with Crippen LogP contribution in [0.4, 0.5) is 5.95 Å². The van der Waals surface area contributed by atoms with E-state index in [4.69, 9.17) is 5.84 Å². The summed E-state index contributed by atoms with van der Waals surface area (Å²) in [4.78, 5) is 9.61. The lowest BCUT2D eigenvalue weighted by Crippen LogP contribution is -2.10. The zero-order valence-corrected chi connectivity index (χ0v) is 12.0. The number of hydrogen-bond donors (Lipinski definition) is 3. The van der Waals surface area contributed by atoms with Crippen molar-refractivity contribution in [3.05, 3.63) is 34.9 Å². The van der Waals surface area contributed by atoms with Crippen LogP contribution in [0.2, 0.25) is 0 Å². The van der Waals surface area contributed by atoms with Crippen LogP contribution in [-0.4, -0.2) is 20.2 Å². The van der Waals surface area contributed by atoms with Gasteiger partial charge in [0, 0.05) is 9.37 Å². The van der Waals surface area contributed by atoms with E-state index in [1.165, 1.54) is 11.8 Å². The van der Waals surface area contributed by atoms with Crippen LogP contribution in [0.3, 0.4) is 0 Å². The first-order valence-corrected chi connectivity index (χ1v) is 6.98. The van der Waals surface area contributed by atoms with Crippen LogP contribution in [0.25, 0.3) is 11.0 Å². The third-order valence-corrected chi connectivity index (χ3v) is 3.90. The fourth-order valence-corrected chi connectivity index (χ4v) is 3.09. The molecule has 0 aliphatic carbocycles. The smallest absolute Gasteiger partial charge is 0.240 e. The number of hydrogen-bond acceptors (Lipinski definition) is 6. The first-order valence-electron chi connectivity index (χ1n) is 5.37. The third kappa shape index (κ3) is 2.55. The SMILES string of the molecule is NNc1nc(Sc2cccc(Br)c2)c2cn[nH]c2n1. The van der Waals surface area contributed by atoms with E-state index in [2.05, 4.69) is 41.5 Å². The molecule has 2 aromatic heterocycles. The lowest BCUT2D eigenvalue weighted by Gasteiger charge is -2.05. The molecule has 19 heavy (non-hydrogen) atoms. The summed E-state index contributed by atoms with van der Waals surface area (Å²) < 4.78 is 1.02. The Balaban J connectivity index is 2.06. The van der Waals surface area contributed by atoms with Crippen LogP contribution < -0.4 is 11.3 Å². The molecule has 0 bridgehead atoms. The summed E-state index contributed by atoms with van der Waals surface area (Å²) in [6.07, 6.45) is 1.70. The molecule has 0 aliphatic rings. The number of aromatic amines is 1. The summed E-state index contributed by atoms with van der Waals surface area (Å²) in [6.45, 7) is 0. The van der Waals surface area contributed by atoms with Gasteiger partial charge in [-0.2, -0.15) is 10.1 Å². The molecule has 6 nitrogen and oxygen atoms in total. The maximum atomic E-state index is 5.37. The second-order valence-corrected chi connectivity index (χ2v) is 5.67. The Morgan fingerprint density at radius 1 is 1.32 bits per heavy atom. The fourth-order valence-electron chi connectivity index (χ4n) is 1.59. The molecule has 2 heterocycles. The van der Waals surface area contributed by atoms with E-state index in [1.54, 1.807) is 6.20 Å². The molecule has 0 saturated carbocycles. The quantitative estimate of drug-likeness (QED) is 0.386. The maximum absolute atomic E-state index is 5.37. The Hall–Kier alpha value is -1.64. The molecule has 0 radical (unpaired) electrons. The van der Waals surface area contributed by atoms with E-state index in [0.29, 0.717) is 11.6 Å². The molecule has 8 heteroatoms. The predicted octanol–water partition coefficient (Wildman–Crippen LogP) is 2.55. The standard InChI is InChI=1S/C11H9BrN6S/c12-6-2-1-3-7(4-6)19-10-8-5-14-18-9(8)15-11(16-10)17-13/h1-5H,13H2,(H2,14,15,16,17,18). The number of nitrogens with one attached hydrogen (secondary N) is 2. The Morgan fingerprint density at radius 2 is 2.21 bits per heavy atom. The first kappa shape index (κ1) is 12.4. The highest BCUT2D eigenvalue weighted by molar-refractivity contribution is 9.10. The van der Waals surface area contributed by atoms with Crippen LogP contribution in [0.15, 0.2) is 44.9 Å². The summed E-state index contributed by atoms with van der Waals surface area (Å²) in [5.41, 5.74) is 3.11. The van der Waals surface area contributed by atoms with Gasteiger partial charge in [-0.05, 0) is 18.2 Å². The molecule has 0 aliphatic heterocycles. The number of fused-ring (bicyclic) bond motifs is 1. The van der Waals surface area contributed by atoms with Crippen LogP contribution in [0, 0.1) is 0 Å². The van der Waals surface area contributed by atoms with Gasteiger partial charge in [0.25, 0.3) is 0 Å². The van der Waals surface area contributed by atoms with Gasteiger partial charge in [-0.1, -0.05) is 33.8 Å². The number of halogens is 1. The summed E-state index contributed by atoms with van der Waals surface area (Å²) in [5, 5.41) is 8.45. The van der Waals surface area contributed by atoms with Gasteiger partial charge >= 0.3 is 0 Å². The molecule has 0 unspecified atom stereocenters. The highest BCUT2D eigenvalue weighted by Gasteiger charge is 2.10. The van der Waals surface area contributed by atoms with Crippen LogP contribution >= 0.6 is 27.7 Å². The average molecular weight is 337 g/mol. The van der Waals surface area contributed by atoms with E-state index in [-0.39, 0.29) is 0 Å². The lowest BCUT2D eigenvalue weighted by atomic mass is 10.4. The Bertz CT molecular complexity index is 728. The summed E-state index contributed by atoms with van der Waals surface area (Å²) >= 11 is 4.98. The van der Waals surface area contributed by atoms with Crippen LogP contribution in [0.1, 0.15) is 0 Å². The van der Waals surface area contributed by atoms with E-state index in [9.17, 15) is 0 Å². The van der Waals surface area contributed by atoms with Crippen molar-refractivity contribution in [3.63, 3.8) is 0 Å². The predicted molar refractivity (Wildman–Crippen MR) is 77.8 cm³/mol. The molecular formula is C11H9BrN6S. The summed E-state index contributed by atoms with van der Waals surface area (Å²) in [5.74, 6) is 5.73. The van der Waals surface area contributed by atoms with E-state index in [0.717, 1.165) is 19.8 Å². The molecule has 0 spiro atoms. The summed E-state index contributed by atoms with van der Waals surface area (Å²) in [6, 6.07) is 7.99. The molecule has 4 N–H and O–H groups in total. The van der Waals surface area contributed by atoms with Crippen molar-refractivity contribution in [2.75, 3.05) is 5.43 Å². The molecular weight excluding hydrogens is 328 g/mol. The second kappa shape index (κ2) is 5.16. The number of anilines is 1. The van der Waals surface area contributed by atoms with Gasteiger partial charge in [-0.15, -0.1) is 0 Å². The van der Waals surface area contributed by atoms with Crippen molar-refractivity contribution in [1.82, 2.24) is 20.2 Å². The van der Waals surface area contributed by atoms with Gasteiger partial charge in [-0.3, -0.25) is 10.5 Å². The zero-order chi connectivity index (χ0) is 13.2. The normalized spacial score (nSPS) is 10.8. The lowest BCUT2D eigenvalue weighted by molar-refractivity contribution is 1.05. The molecule has 0 atom stereocenters. The van der Waals surface area contributed by atoms with E-state index in [1.807, 2.05) is 24.3 Å². The Morgan fingerprint density at radius 3 is 3.00 bits per heavy atom. The van der Waals surface area contributed by atoms with Gasteiger partial charge < -0.3 is 0 Å². The van der Waals surface area contributed by atoms with E-state index < -0.39 is 0 Å². The second-order valence-electron chi connectivity index (χ2n) is 3.69. The molecule has 0 fully saturated rings. The molecule has 1 aromatic carbocycles. The number of hydrazine groups is 1. The van der Waals surface area contributed by atoms with Crippen molar-refractivity contribution in [2.24, 2.45) is 5.84 Å². The maximum Gasteiger partial charge on any atom is 0.240 e.